The highest BCUT2D eigenvalue weighted by molar-refractivity contribution is 5.94. The van der Waals surface area contributed by atoms with E-state index in [1.54, 1.807) is 0 Å². The molecule has 0 heterocycles. The minimum absolute atomic E-state index is 0.182. The van der Waals surface area contributed by atoms with Crippen LogP contribution >= 0.6 is 0 Å². The van der Waals surface area contributed by atoms with E-state index in [1.165, 1.54) is 32.1 Å². The maximum atomic E-state index is 12.9. The van der Waals surface area contributed by atoms with Crippen LogP contribution < -0.4 is 5.73 Å². The first kappa shape index (κ1) is 14.3. The summed E-state index contributed by atoms with van der Waals surface area (Å²) < 4.78 is 0. The highest BCUT2D eigenvalue weighted by atomic mass is 16.2. The molecule has 5 rings (SSSR count). The summed E-state index contributed by atoms with van der Waals surface area (Å²) >= 11 is 0. The van der Waals surface area contributed by atoms with Crippen molar-refractivity contribution in [3.63, 3.8) is 0 Å². The SMILES string of the molecule is CN(C(=O)c1ccc(CN)cc1)C1C2CC3CC(C2)CC1C3. The Labute approximate surface area is 132 Å². The van der Waals surface area contributed by atoms with Crippen LogP contribution in [0.2, 0.25) is 0 Å². The summed E-state index contributed by atoms with van der Waals surface area (Å²) in [6.45, 7) is 0.528. The van der Waals surface area contributed by atoms with Crippen LogP contribution in [0, 0.1) is 23.7 Å². The van der Waals surface area contributed by atoms with Crippen molar-refractivity contribution in [2.45, 2.75) is 44.7 Å². The maximum Gasteiger partial charge on any atom is 0.253 e. The standard InChI is InChI=1S/C19H26N2O/c1-21(19(22)15-4-2-12(11-20)3-5-15)18-16-7-13-6-14(9-16)10-17(18)8-13/h2-5,13-14,16-18H,6-11,20H2,1H3. The summed E-state index contributed by atoms with van der Waals surface area (Å²) in [7, 11) is 2.02. The zero-order valence-corrected chi connectivity index (χ0v) is 13.4. The van der Waals surface area contributed by atoms with Crippen molar-refractivity contribution >= 4 is 5.91 Å². The van der Waals surface area contributed by atoms with Gasteiger partial charge in [-0.15, -0.1) is 0 Å². The van der Waals surface area contributed by atoms with Crippen molar-refractivity contribution < 1.29 is 4.79 Å². The molecule has 0 unspecified atom stereocenters. The molecule has 4 bridgehead atoms. The molecular weight excluding hydrogens is 272 g/mol. The molecule has 0 aliphatic heterocycles. The number of carbonyl (C=O) groups is 1. The first-order valence-corrected chi connectivity index (χ1v) is 8.72. The molecule has 1 aromatic rings. The van der Waals surface area contributed by atoms with Gasteiger partial charge in [0.25, 0.3) is 5.91 Å². The summed E-state index contributed by atoms with van der Waals surface area (Å²) in [5.74, 6) is 3.57. The van der Waals surface area contributed by atoms with E-state index in [4.69, 9.17) is 5.73 Å². The van der Waals surface area contributed by atoms with Crippen molar-refractivity contribution in [1.82, 2.24) is 4.90 Å². The molecule has 0 saturated heterocycles. The topological polar surface area (TPSA) is 46.3 Å². The molecular formula is C19H26N2O. The van der Waals surface area contributed by atoms with Gasteiger partial charge in [0.2, 0.25) is 0 Å². The Bertz CT molecular complexity index is 537. The molecule has 1 aromatic carbocycles. The number of hydrogen-bond acceptors (Lipinski definition) is 2. The van der Waals surface area contributed by atoms with Crippen molar-refractivity contribution in [2.24, 2.45) is 29.4 Å². The maximum absolute atomic E-state index is 12.9. The first-order chi connectivity index (χ1) is 10.7. The van der Waals surface area contributed by atoms with Crippen molar-refractivity contribution in [1.29, 1.82) is 0 Å². The van der Waals surface area contributed by atoms with Gasteiger partial charge in [0, 0.05) is 25.2 Å². The van der Waals surface area contributed by atoms with Gasteiger partial charge in [-0.1, -0.05) is 12.1 Å². The van der Waals surface area contributed by atoms with Gasteiger partial charge in [-0.3, -0.25) is 4.79 Å². The fourth-order valence-corrected chi connectivity index (χ4v) is 5.65. The van der Waals surface area contributed by atoms with Crippen molar-refractivity contribution in [2.75, 3.05) is 7.05 Å². The molecule has 0 aromatic heterocycles. The largest absolute Gasteiger partial charge is 0.338 e. The van der Waals surface area contributed by atoms with Crippen LogP contribution in [0.15, 0.2) is 24.3 Å². The van der Waals surface area contributed by atoms with E-state index in [1.807, 2.05) is 31.3 Å². The van der Waals surface area contributed by atoms with Crippen LogP contribution in [0.3, 0.4) is 0 Å². The predicted octanol–water partition coefficient (Wildman–Crippen LogP) is 3.04. The normalized spacial score (nSPS) is 35.6. The van der Waals surface area contributed by atoms with Gasteiger partial charge in [-0.2, -0.15) is 0 Å². The molecule has 0 radical (unpaired) electrons. The second-order valence-corrected chi connectivity index (χ2v) is 7.74. The van der Waals surface area contributed by atoms with Gasteiger partial charge in [-0.25, -0.2) is 0 Å². The Morgan fingerprint density at radius 3 is 2.09 bits per heavy atom. The molecule has 3 nitrogen and oxygen atoms in total. The fourth-order valence-electron chi connectivity index (χ4n) is 5.65. The highest BCUT2D eigenvalue weighted by Crippen LogP contribution is 2.55. The van der Waals surface area contributed by atoms with Crippen LogP contribution in [0.5, 0.6) is 0 Å². The Morgan fingerprint density at radius 2 is 1.59 bits per heavy atom. The molecule has 1 amide bonds. The summed E-state index contributed by atoms with van der Waals surface area (Å²) in [4.78, 5) is 14.9. The monoisotopic (exact) mass is 298 g/mol. The number of nitrogens with two attached hydrogens (primary N) is 1. The minimum Gasteiger partial charge on any atom is -0.338 e. The molecule has 4 aliphatic carbocycles. The van der Waals surface area contributed by atoms with E-state index >= 15 is 0 Å². The van der Waals surface area contributed by atoms with E-state index in [-0.39, 0.29) is 5.91 Å². The van der Waals surface area contributed by atoms with Crippen LogP contribution in [0.25, 0.3) is 0 Å². The van der Waals surface area contributed by atoms with E-state index in [2.05, 4.69) is 4.90 Å². The molecule has 4 aliphatic rings. The average molecular weight is 298 g/mol. The highest BCUT2D eigenvalue weighted by Gasteiger charge is 2.50. The number of amides is 1. The lowest BCUT2D eigenvalue weighted by molar-refractivity contribution is -0.0491. The predicted molar refractivity (Wildman–Crippen MR) is 87.3 cm³/mol. The molecule has 118 valence electrons. The van der Waals surface area contributed by atoms with Gasteiger partial charge < -0.3 is 10.6 Å². The number of hydrogen-bond donors (Lipinski definition) is 1. The van der Waals surface area contributed by atoms with Crippen LogP contribution in [0.1, 0.15) is 48.0 Å². The lowest BCUT2D eigenvalue weighted by Crippen LogP contribution is -2.56. The van der Waals surface area contributed by atoms with Crippen molar-refractivity contribution in [3.8, 4) is 0 Å². The molecule has 2 N–H and O–H groups in total. The Hall–Kier alpha value is -1.35. The number of carbonyl (C=O) groups excluding carboxylic acids is 1. The lowest BCUT2D eigenvalue weighted by Gasteiger charge is -2.56. The second kappa shape index (κ2) is 5.38. The smallest absolute Gasteiger partial charge is 0.253 e. The van der Waals surface area contributed by atoms with E-state index in [0.29, 0.717) is 12.6 Å². The number of benzene rings is 1. The molecule has 22 heavy (non-hydrogen) atoms. The summed E-state index contributed by atoms with van der Waals surface area (Å²) in [5, 5.41) is 0. The van der Waals surface area contributed by atoms with Gasteiger partial charge in [-0.05, 0) is 73.5 Å². The van der Waals surface area contributed by atoms with Crippen LogP contribution in [-0.2, 0) is 6.54 Å². The Kier molecular flexibility index (Phi) is 3.48. The summed E-state index contributed by atoms with van der Waals surface area (Å²) in [6.07, 6.45) is 6.85. The first-order valence-electron chi connectivity index (χ1n) is 8.72. The van der Waals surface area contributed by atoms with Gasteiger partial charge in [0.05, 0.1) is 0 Å². The second-order valence-electron chi connectivity index (χ2n) is 7.74. The summed E-state index contributed by atoms with van der Waals surface area (Å²) in [5.41, 5.74) is 7.51. The van der Waals surface area contributed by atoms with Gasteiger partial charge in [0.15, 0.2) is 0 Å². The summed E-state index contributed by atoms with van der Waals surface area (Å²) in [6, 6.07) is 8.26. The molecule has 4 fully saturated rings. The lowest BCUT2D eigenvalue weighted by atomic mass is 9.54. The zero-order chi connectivity index (χ0) is 15.3. The van der Waals surface area contributed by atoms with Crippen LogP contribution in [-0.4, -0.2) is 23.9 Å². The molecule has 0 spiro atoms. The fraction of sp³-hybridized carbons (Fsp3) is 0.632. The number of rotatable bonds is 3. The zero-order valence-electron chi connectivity index (χ0n) is 13.4. The third kappa shape index (κ3) is 2.26. The molecule has 3 heteroatoms. The van der Waals surface area contributed by atoms with Crippen molar-refractivity contribution in [3.05, 3.63) is 35.4 Å². The third-order valence-corrected chi connectivity index (χ3v) is 6.38. The Morgan fingerprint density at radius 1 is 1.05 bits per heavy atom. The van der Waals surface area contributed by atoms with E-state index in [0.717, 1.165) is 34.8 Å². The average Bonchev–Trinajstić information content (AvgIpc) is 2.53. The van der Waals surface area contributed by atoms with E-state index in [9.17, 15) is 4.79 Å². The van der Waals surface area contributed by atoms with Gasteiger partial charge >= 0.3 is 0 Å². The number of nitrogens with zero attached hydrogens (tertiary/aromatic N) is 1. The van der Waals surface area contributed by atoms with E-state index < -0.39 is 0 Å². The Balaban J connectivity index is 1.53. The molecule has 0 atom stereocenters. The third-order valence-electron chi connectivity index (χ3n) is 6.38. The minimum atomic E-state index is 0.182. The quantitative estimate of drug-likeness (QED) is 0.932. The van der Waals surface area contributed by atoms with Gasteiger partial charge in [0.1, 0.15) is 0 Å². The molecule has 4 saturated carbocycles. The van der Waals surface area contributed by atoms with Crippen LogP contribution in [0.4, 0.5) is 0 Å².